The topological polar surface area (TPSA) is 18.1 Å². The fourth-order valence-electron chi connectivity index (χ4n) is 9.57. The molecule has 2 heteroatoms. The van der Waals surface area contributed by atoms with Crippen molar-refractivity contribution in [1.29, 1.82) is 0 Å². The molecule has 58 heavy (non-hydrogen) atoms. The number of furan rings is 1. The number of fused-ring (bicyclic) bond motifs is 8. The van der Waals surface area contributed by atoms with E-state index < -0.39 is 0 Å². The molecule has 2 aromatic heterocycles. The molecule has 270 valence electrons. The van der Waals surface area contributed by atoms with Gasteiger partial charge in [-0.3, -0.25) is 0 Å². The van der Waals surface area contributed by atoms with Crippen molar-refractivity contribution in [3.05, 3.63) is 212 Å². The first kappa shape index (κ1) is 32.6. The molecule has 0 aliphatic carbocycles. The number of rotatable bonds is 5. The number of hydrogen-bond donors (Lipinski definition) is 0. The summed E-state index contributed by atoms with van der Waals surface area (Å²) in [6, 6.07) is 77.2. The number of nitrogens with zero attached hydrogens (tertiary/aromatic N) is 1. The third kappa shape index (κ3) is 4.85. The second kappa shape index (κ2) is 12.9. The Kier molecular flexibility index (Phi) is 7.26. The van der Waals surface area contributed by atoms with Gasteiger partial charge < -0.3 is 8.98 Å². The fourth-order valence-corrected chi connectivity index (χ4v) is 9.57. The molecule has 0 spiro atoms. The summed E-state index contributed by atoms with van der Waals surface area (Å²) < 4.78 is 8.75. The summed E-state index contributed by atoms with van der Waals surface area (Å²) in [7, 11) is 0. The molecule has 0 amide bonds. The first-order valence-corrected chi connectivity index (χ1v) is 19.9. The van der Waals surface area contributed by atoms with E-state index in [4.69, 9.17) is 4.42 Å². The van der Waals surface area contributed by atoms with E-state index in [2.05, 4.69) is 211 Å². The van der Waals surface area contributed by atoms with E-state index in [-0.39, 0.29) is 0 Å². The van der Waals surface area contributed by atoms with Gasteiger partial charge in [-0.25, -0.2) is 0 Å². The lowest BCUT2D eigenvalue weighted by Gasteiger charge is -2.23. The van der Waals surface area contributed by atoms with Crippen LogP contribution in [0.5, 0.6) is 0 Å². The van der Waals surface area contributed by atoms with Crippen LogP contribution in [0, 0.1) is 0 Å². The zero-order valence-corrected chi connectivity index (χ0v) is 31.6. The van der Waals surface area contributed by atoms with E-state index >= 15 is 0 Å². The molecule has 0 unspecified atom stereocenters. The van der Waals surface area contributed by atoms with E-state index in [1.807, 2.05) is 6.07 Å². The number of hydrogen-bond acceptors (Lipinski definition) is 1. The van der Waals surface area contributed by atoms with Gasteiger partial charge in [0.1, 0.15) is 11.2 Å². The Labute approximate surface area is 335 Å². The highest BCUT2D eigenvalue weighted by molar-refractivity contribution is 6.28. The predicted molar refractivity (Wildman–Crippen MR) is 245 cm³/mol. The minimum atomic E-state index is 0.901. The van der Waals surface area contributed by atoms with Gasteiger partial charge in [0.2, 0.25) is 0 Å². The lowest BCUT2D eigenvalue weighted by Crippen LogP contribution is -1.98. The molecule has 0 fully saturated rings. The number of para-hydroxylation sites is 3. The first-order chi connectivity index (χ1) is 28.8. The molecule has 0 N–H and O–H groups in total. The maximum Gasteiger partial charge on any atom is 0.135 e. The van der Waals surface area contributed by atoms with Gasteiger partial charge in [0.05, 0.1) is 11.0 Å². The third-order valence-electron chi connectivity index (χ3n) is 12.0. The van der Waals surface area contributed by atoms with E-state index in [1.54, 1.807) is 0 Å². The molecular weight excluding hydrogens is 703 g/mol. The summed E-state index contributed by atoms with van der Waals surface area (Å²) >= 11 is 0. The molecule has 0 radical (unpaired) electrons. The van der Waals surface area contributed by atoms with Crippen LogP contribution in [0.15, 0.2) is 217 Å². The molecule has 0 aliphatic rings. The summed E-state index contributed by atoms with van der Waals surface area (Å²) in [6.07, 6.45) is 0. The molecule has 2 nitrogen and oxygen atoms in total. The standard InChI is InChI=1S/C56H35NO/c1-4-18-36(19-5-1)46-35-49-55(45-29-14-16-30-48(45)57(49)39-22-8-3-9-23-39)53(37-20-6-2-7-21-37)56(46)54-43-27-12-10-25-41(43)52(42-26-11-13-28-44(42)54)38-32-33-51-47(34-38)40-24-15-17-31-50(40)58-51/h1-35H. The minimum absolute atomic E-state index is 0.901. The molecule has 0 saturated carbocycles. The van der Waals surface area contributed by atoms with Crippen LogP contribution >= 0.6 is 0 Å². The quantitative estimate of drug-likeness (QED) is 0.161. The molecule has 10 aromatic carbocycles. The van der Waals surface area contributed by atoms with Crippen LogP contribution in [0.2, 0.25) is 0 Å². The average Bonchev–Trinajstić information content (AvgIpc) is 3.84. The van der Waals surface area contributed by atoms with Gasteiger partial charge in [-0.15, -0.1) is 0 Å². The van der Waals surface area contributed by atoms with Gasteiger partial charge in [-0.2, -0.15) is 0 Å². The Morgan fingerprint density at radius 1 is 0.293 bits per heavy atom. The maximum atomic E-state index is 6.30. The highest BCUT2D eigenvalue weighted by Crippen LogP contribution is 2.53. The Morgan fingerprint density at radius 2 is 0.810 bits per heavy atom. The Hall–Kier alpha value is -7.68. The van der Waals surface area contributed by atoms with Gasteiger partial charge in [-0.1, -0.05) is 170 Å². The molecule has 12 rings (SSSR count). The van der Waals surface area contributed by atoms with Gasteiger partial charge >= 0.3 is 0 Å². The Bertz CT molecular complexity index is 3480. The monoisotopic (exact) mass is 737 g/mol. The lowest BCUT2D eigenvalue weighted by atomic mass is 9.79. The van der Waals surface area contributed by atoms with E-state index in [9.17, 15) is 0 Å². The van der Waals surface area contributed by atoms with Crippen molar-refractivity contribution >= 4 is 65.3 Å². The van der Waals surface area contributed by atoms with Crippen molar-refractivity contribution in [1.82, 2.24) is 4.57 Å². The van der Waals surface area contributed by atoms with Crippen molar-refractivity contribution in [2.24, 2.45) is 0 Å². The maximum absolute atomic E-state index is 6.30. The van der Waals surface area contributed by atoms with E-state index in [0.29, 0.717) is 0 Å². The largest absolute Gasteiger partial charge is 0.456 e. The zero-order chi connectivity index (χ0) is 38.2. The van der Waals surface area contributed by atoms with Crippen molar-refractivity contribution in [2.75, 3.05) is 0 Å². The van der Waals surface area contributed by atoms with Crippen molar-refractivity contribution in [2.45, 2.75) is 0 Å². The second-order valence-electron chi connectivity index (χ2n) is 15.1. The van der Waals surface area contributed by atoms with Crippen LogP contribution in [0.1, 0.15) is 0 Å². The van der Waals surface area contributed by atoms with E-state index in [0.717, 1.165) is 27.6 Å². The van der Waals surface area contributed by atoms with Gasteiger partial charge in [-0.05, 0) is 103 Å². The van der Waals surface area contributed by atoms with Crippen molar-refractivity contribution in [3.8, 4) is 50.2 Å². The Morgan fingerprint density at radius 3 is 1.48 bits per heavy atom. The van der Waals surface area contributed by atoms with Crippen LogP contribution in [0.4, 0.5) is 0 Å². The van der Waals surface area contributed by atoms with E-state index in [1.165, 1.54) is 87.9 Å². The van der Waals surface area contributed by atoms with Crippen molar-refractivity contribution < 1.29 is 4.42 Å². The molecule has 0 atom stereocenters. The summed E-state index contributed by atoms with van der Waals surface area (Å²) in [5, 5.41) is 9.60. The normalized spacial score (nSPS) is 11.8. The van der Waals surface area contributed by atoms with Crippen LogP contribution in [0.25, 0.3) is 115 Å². The van der Waals surface area contributed by atoms with Crippen LogP contribution in [-0.4, -0.2) is 4.57 Å². The molecule has 0 bridgehead atoms. The second-order valence-corrected chi connectivity index (χ2v) is 15.1. The smallest absolute Gasteiger partial charge is 0.135 e. The molecular formula is C56H35NO. The summed E-state index contributed by atoms with van der Waals surface area (Å²) in [5.41, 5.74) is 15.0. The fraction of sp³-hybridized carbons (Fsp3) is 0. The zero-order valence-electron chi connectivity index (χ0n) is 31.6. The van der Waals surface area contributed by atoms with Crippen LogP contribution < -0.4 is 0 Å². The molecule has 0 aliphatic heterocycles. The van der Waals surface area contributed by atoms with Crippen molar-refractivity contribution in [3.63, 3.8) is 0 Å². The molecule has 0 saturated heterocycles. The minimum Gasteiger partial charge on any atom is -0.456 e. The number of benzene rings is 10. The molecule has 2 heterocycles. The van der Waals surface area contributed by atoms with Gasteiger partial charge in [0.15, 0.2) is 0 Å². The SMILES string of the molecule is c1ccc(-c2cc3c(c(-c4ccccc4)c2-c2c4ccccc4c(-c4ccc5oc6ccccc6c5c4)c4ccccc24)c2ccccc2n3-c2ccccc2)cc1. The summed E-state index contributed by atoms with van der Waals surface area (Å²) in [5.74, 6) is 0. The highest BCUT2D eigenvalue weighted by Gasteiger charge is 2.27. The summed E-state index contributed by atoms with van der Waals surface area (Å²) in [6.45, 7) is 0. The average molecular weight is 738 g/mol. The predicted octanol–water partition coefficient (Wildman–Crippen LogP) is 15.7. The van der Waals surface area contributed by atoms with Crippen LogP contribution in [-0.2, 0) is 0 Å². The van der Waals surface area contributed by atoms with Crippen LogP contribution in [0.3, 0.4) is 0 Å². The first-order valence-electron chi connectivity index (χ1n) is 19.9. The van der Waals surface area contributed by atoms with Gasteiger partial charge in [0, 0.05) is 32.8 Å². The molecule has 12 aromatic rings. The number of aromatic nitrogens is 1. The highest BCUT2D eigenvalue weighted by atomic mass is 16.3. The van der Waals surface area contributed by atoms with Gasteiger partial charge in [0.25, 0.3) is 0 Å². The third-order valence-corrected chi connectivity index (χ3v) is 12.0. The lowest BCUT2D eigenvalue weighted by molar-refractivity contribution is 0.669. The Balaban J connectivity index is 1.29. The summed E-state index contributed by atoms with van der Waals surface area (Å²) in [4.78, 5) is 0.